The van der Waals surface area contributed by atoms with Crippen LogP contribution in [-0.4, -0.2) is 33.1 Å². The van der Waals surface area contributed by atoms with Crippen LogP contribution in [0.4, 0.5) is 5.95 Å². The molecule has 1 atom stereocenters. The number of carbonyl (C=O) groups is 1. The zero-order valence-electron chi connectivity index (χ0n) is 11.5. The fourth-order valence-electron chi connectivity index (χ4n) is 1.71. The lowest BCUT2D eigenvalue weighted by molar-refractivity contribution is -0.121. The first-order valence-corrected chi connectivity index (χ1v) is 6.47. The van der Waals surface area contributed by atoms with Gasteiger partial charge in [0.25, 0.3) is 0 Å². The maximum Gasteiger partial charge on any atom is 0.243 e. The van der Waals surface area contributed by atoms with Gasteiger partial charge < -0.3 is 10.6 Å². The fraction of sp³-hybridized carbons (Fsp3) is 0.462. The normalized spacial score (nSPS) is 12.4. The zero-order chi connectivity index (χ0) is 13.8. The summed E-state index contributed by atoms with van der Waals surface area (Å²) >= 11 is 0. The van der Waals surface area contributed by atoms with Gasteiger partial charge in [-0.1, -0.05) is 13.0 Å². The van der Waals surface area contributed by atoms with Crippen molar-refractivity contribution < 1.29 is 4.79 Å². The van der Waals surface area contributed by atoms with E-state index in [2.05, 4.69) is 20.7 Å². The lowest BCUT2D eigenvalue weighted by Gasteiger charge is -2.11. The first kappa shape index (κ1) is 13.3. The number of hydrogen-bond acceptors (Lipinski definition) is 4. The Balaban J connectivity index is 2.06. The molecule has 19 heavy (non-hydrogen) atoms. The molecule has 6 heteroatoms. The van der Waals surface area contributed by atoms with E-state index in [9.17, 15) is 4.79 Å². The largest absolute Gasteiger partial charge is 0.354 e. The van der Waals surface area contributed by atoms with E-state index < -0.39 is 0 Å². The maximum absolute atomic E-state index is 11.7. The second-order valence-electron chi connectivity index (χ2n) is 4.60. The number of anilines is 1. The Bertz CT molecular complexity index is 577. The van der Waals surface area contributed by atoms with E-state index >= 15 is 0 Å². The third-order valence-electron chi connectivity index (χ3n) is 2.77. The van der Waals surface area contributed by atoms with Crippen molar-refractivity contribution in [3.8, 4) is 0 Å². The molecule has 0 fully saturated rings. The van der Waals surface area contributed by atoms with E-state index in [4.69, 9.17) is 0 Å². The zero-order valence-corrected chi connectivity index (χ0v) is 11.5. The summed E-state index contributed by atoms with van der Waals surface area (Å²) in [5.74, 6) is 0.418. The lowest BCUT2D eigenvalue weighted by Crippen LogP contribution is -2.38. The molecule has 1 amide bonds. The van der Waals surface area contributed by atoms with Gasteiger partial charge in [0.05, 0.1) is 0 Å². The number of aromatic nitrogens is 3. The predicted octanol–water partition coefficient (Wildman–Crippen LogP) is 1.36. The molecule has 2 rings (SSSR count). The molecule has 1 unspecified atom stereocenters. The smallest absolute Gasteiger partial charge is 0.243 e. The Morgan fingerprint density at radius 3 is 3.00 bits per heavy atom. The molecule has 0 aliphatic carbocycles. The highest BCUT2D eigenvalue weighted by molar-refractivity contribution is 5.83. The maximum atomic E-state index is 11.7. The van der Waals surface area contributed by atoms with Crippen molar-refractivity contribution in [2.24, 2.45) is 0 Å². The number of amides is 1. The number of pyridine rings is 1. The standard InChI is InChI=1S/C13H19N5O/c1-4-7-14-12(19)10(3)15-13-16-11-6-5-9(2)8-18(11)17-13/h5-6,8,10H,4,7H2,1-3H3,(H,14,19)(H,15,17). The molecule has 0 saturated carbocycles. The molecule has 2 aromatic heterocycles. The van der Waals surface area contributed by atoms with Gasteiger partial charge >= 0.3 is 0 Å². The highest BCUT2D eigenvalue weighted by Gasteiger charge is 2.14. The summed E-state index contributed by atoms with van der Waals surface area (Å²) in [7, 11) is 0. The number of rotatable bonds is 5. The van der Waals surface area contributed by atoms with Gasteiger partial charge in [0.1, 0.15) is 6.04 Å². The lowest BCUT2D eigenvalue weighted by atomic mass is 10.3. The predicted molar refractivity (Wildman–Crippen MR) is 74.1 cm³/mol. The SMILES string of the molecule is CCCNC(=O)C(C)Nc1nc2ccc(C)cn2n1. The minimum Gasteiger partial charge on any atom is -0.354 e. The van der Waals surface area contributed by atoms with E-state index in [0.29, 0.717) is 12.5 Å². The molecule has 6 nitrogen and oxygen atoms in total. The van der Waals surface area contributed by atoms with Crippen molar-refractivity contribution in [1.29, 1.82) is 0 Å². The molecule has 0 aliphatic heterocycles. The minimum atomic E-state index is -0.356. The van der Waals surface area contributed by atoms with Gasteiger partial charge in [0.15, 0.2) is 5.65 Å². The van der Waals surface area contributed by atoms with E-state index in [0.717, 1.165) is 17.6 Å². The van der Waals surface area contributed by atoms with Crippen LogP contribution in [0.3, 0.4) is 0 Å². The van der Waals surface area contributed by atoms with E-state index in [1.165, 1.54) is 0 Å². The van der Waals surface area contributed by atoms with E-state index in [-0.39, 0.29) is 11.9 Å². The van der Waals surface area contributed by atoms with E-state index in [1.54, 1.807) is 11.4 Å². The van der Waals surface area contributed by atoms with Crippen molar-refractivity contribution in [2.75, 3.05) is 11.9 Å². The second kappa shape index (κ2) is 5.69. The highest BCUT2D eigenvalue weighted by atomic mass is 16.2. The number of nitrogens with zero attached hydrogens (tertiary/aromatic N) is 3. The van der Waals surface area contributed by atoms with Gasteiger partial charge in [-0.15, -0.1) is 5.10 Å². The average Bonchev–Trinajstić information content (AvgIpc) is 2.77. The summed E-state index contributed by atoms with van der Waals surface area (Å²) < 4.78 is 1.70. The summed E-state index contributed by atoms with van der Waals surface area (Å²) in [6, 6.07) is 3.52. The minimum absolute atomic E-state index is 0.0445. The highest BCUT2D eigenvalue weighted by Crippen LogP contribution is 2.08. The average molecular weight is 261 g/mol. The van der Waals surface area contributed by atoms with Crippen molar-refractivity contribution in [1.82, 2.24) is 19.9 Å². The number of carbonyl (C=O) groups excluding carboxylic acids is 1. The summed E-state index contributed by atoms with van der Waals surface area (Å²) in [4.78, 5) is 16.1. The van der Waals surface area contributed by atoms with Crippen LogP contribution in [0.5, 0.6) is 0 Å². The Kier molecular flexibility index (Phi) is 3.99. The fourth-order valence-corrected chi connectivity index (χ4v) is 1.71. The topological polar surface area (TPSA) is 71.3 Å². The van der Waals surface area contributed by atoms with Gasteiger partial charge in [0.2, 0.25) is 11.9 Å². The molecule has 0 bridgehead atoms. The summed E-state index contributed by atoms with van der Waals surface area (Å²) in [6.07, 6.45) is 2.82. The van der Waals surface area contributed by atoms with Crippen LogP contribution >= 0.6 is 0 Å². The van der Waals surface area contributed by atoms with Crippen LogP contribution in [0.2, 0.25) is 0 Å². The quantitative estimate of drug-likeness (QED) is 0.852. The van der Waals surface area contributed by atoms with Gasteiger partial charge in [-0.2, -0.15) is 4.98 Å². The van der Waals surface area contributed by atoms with Gasteiger partial charge in [0, 0.05) is 12.7 Å². The molecule has 0 aromatic carbocycles. The molecule has 0 spiro atoms. The Hall–Kier alpha value is -2.11. The molecule has 0 aliphatic rings. The van der Waals surface area contributed by atoms with Crippen molar-refractivity contribution >= 4 is 17.5 Å². The van der Waals surface area contributed by atoms with Crippen LogP contribution < -0.4 is 10.6 Å². The van der Waals surface area contributed by atoms with Crippen molar-refractivity contribution in [3.05, 3.63) is 23.9 Å². The van der Waals surface area contributed by atoms with Gasteiger partial charge in [-0.25, -0.2) is 4.52 Å². The summed E-state index contributed by atoms with van der Waals surface area (Å²) in [5.41, 5.74) is 1.87. The number of hydrogen-bond donors (Lipinski definition) is 2. The number of fused-ring (bicyclic) bond motifs is 1. The summed E-state index contributed by atoms with van der Waals surface area (Å²) in [6.45, 7) is 6.49. The van der Waals surface area contributed by atoms with Crippen LogP contribution in [0.25, 0.3) is 5.65 Å². The molecular formula is C13H19N5O. The van der Waals surface area contributed by atoms with Gasteiger partial charge in [-0.05, 0) is 31.9 Å². The van der Waals surface area contributed by atoms with E-state index in [1.807, 2.05) is 32.2 Å². The summed E-state index contributed by atoms with van der Waals surface area (Å²) in [5, 5.41) is 10.1. The number of aryl methyl sites for hydroxylation is 1. The first-order chi connectivity index (χ1) is 9.10. The molecule has 2 heterocycles. The molecule has 102 valence electrons. The molecule has 2 N–H and O–H groups in total. The molecule has 0 radical (unpaired) electrons. The monoisotopic (exact) mass is 261 g/mol. The Morgan fingerprint density at radius 2 is 2.26 bits per heavy atom. The van der Waals surface area contributed by atoms with Crippen molar-refractivity contribution in [2.45, 2.75) is 33.2 Å². The van der Waals surface area contributed by atoms with Gasteiger partial charge in [-0.3, -0.25) is 4.79 Å². The molecular weight excluding hydrogens is 242 g/mol. The number of nitrogens with one attached hydrogen (secondary N) is 2. The van der Waals surface area contributed by atoms with Crippen LogP contribution in [0.1, 0.15) is 25.8 Å². The first-order valence-electron chi connectivity index (χ1n) is 6.47. The van der Waals surface area contributed by atoms with Crippen LogP contribution in [0.15, 0.2) is 18.3 Å². The molecule has 0 saturated heterocycles. The Morgan fingerprint density at radius 1 is 1.47 bits per heavy atom. The molecule has 2 aromatic rings. The third-order valence-corrected chi connectivity index (χ3v) is 2.77. The third kappa shape index (κ3) is 3.21. The Labute approximate surface area is 112 Å². The van der Waals surface area contributed by atoms with Crippen LogP contribution in [0, 0.1) is 6.92 Å². The second-order valence-corrected chi connectivity index (χ2v) is 4.60. The van der Waals surface area contributed by atoms with Crippen LogP contribution in [-0.2, 0) is 4.79 Å². The van der Waals surface area contributed by atoms with Crippen molar-refractivity contribution in [3.63, 3.8) is 0 Å².